The predicted octanol–water partition coefficient (Wildman–Crippen LogP) is 2.23. The molecule has 1 atom stereocenters. The number of likely N-dealkylation sites (tertiary alicyclic amines) is 1. The van der Waals surface area contributed by atoms with Crippen molar-refractivity contribution in [3.63, 3.8) is 0 Å². The average Bonchev–Trinajstić information content (AvgIpc) is 2.85. The minimum absolute atomic E-state index is 0.247. The molecule has 0 amide bonds. The van der Waals surface area contributed by atoms with Crippen LogP contribution < -0.4 is 9.47 Å². The highest BCUT2D eigenvalue weighted by molar-refractivity contribution is 5.43. The van der Waals surface area contributed by atoms with Gasteiger partial charge in [0.15, 0.2) is 11.5 Å². The molecule has 1 saturated heterocycles. The topological polar surface area (TPSA) is 24.9 Å². The molecular weight excluding hydrogens is 271 g/mol. The minimum atomic E-state index is -0.247. The Kier molecular flexibility index (Phi) is 5.42. The van der Waals surface area contributed by atoms with Crippen LogP contribution in [0.25, 0.3) is 0 Å². The van der Waals surface area contributed by atoms with E-state index in [0.29, 0.717) is 29.5 Å². The summed E-state index contributed by atoms with van der Waals surface area (Å²) in [6.45, 7) is 3.84. The summed E-state index contributed by atoms with van der Waals surface area (Å²) in [6, 6.07) is 3.12. The fraction of sp³-hybridized carbons (Fsp3) is 0.625. The Morgan fingerprint density at radius 3 is 2.52 bits per heavy atom. The Balaban J connectivity index is 2.01. The molecule has 1 heterocycles. The largest absolute Gasteiger partial charge is 0.493 e. The highest BCUT2D eigenvalue weighted by Crippen LogP contribution is 2.30. The number of rotatable bonds is 6. The lowest BCUT2D eigenvalue weighted by Gasteiger charge is -2.21. The molecule has 1 aliphatic heterocycles. The van der Waals surface area contributed by atoms with E-state index in [0.717, 1.165) is 19.6 Å². The summed E-state index contributed by atoms with van der Waals surface area (Å²) in [7, 11) is 7.26. The van der Waals surface area contributed by atoms with Gasteiger partial charge in [0.25, 0.3) is 0 Å². The fourth-order valence-corrected chi connectivity index (χ4v) is 2.99. The van der Waals surface area contributed by atoms with Gasteiger partial charge in [-0.05, 0) is 39.0 Å². The van der Waals surface area contributed by atoms with Crippen LogP contribution in [-0.4, -0.2) is 57.7 Å². The van der Waals surface area contributed by atoms with Gasteiger partial charge in [0.1, 0.15) is 5.82 Å². The third-order valence-electron chi connectivity index (χ3n) is 4.05. The molecule has 0 N–H and O–H groups in total. The first-order valence-electron chi connectivity index (χ1n) is 7.31. The molecule has 4 nitrogen and oxygen atoms in total. The molecular formula is C16H25FN2O2. The second-order valence-corrected chi connectivity index (χ2v) is 5.91. The van der Waals surface area contributed by atoms with Gasteiger partial charge in [-0.15, -0.1) is 0 Å². The molecule has 5 heteroatoms. The normalized spacial score (nSPS) is 19.2. The van der Waals surface area contributed by atoms with Crippen molar-refractivity contribution in [1.82, 2.24) is 9.80 Å². The summed E-state index contributed by atoms with van der Waals surface area (Å²) in [4.78, 5) is 4.52. The van der Waals surface area contributed by atoms with E-state index in [-0.39, 0.29) is 5.82 Å². The Morgan fingerprint density at radius 2 is 1.95 bits per heavy atom. The molecule has 1 aromatic rings. The maximum absolute atomic E-state index is 14.1. The molecule has 0 aromatic heterocycles. The summed E-state index contributed by atoms with van der Waals surface area (Å²) in [5.41, 5.74) is 0.640. The van der Waals surface area contributed by atoms with Crippen LogP contribution in [0.3, 0.4) is 0 Å². The lowest BCUT2D eigenvalue weighted by molar-refractivity contribution is 0.263. The Labute approximate surface area is 126 Å². The van der Waals surface area contributed by atoms with Crippen LogP contribution in [0.1, 0.15) is 12.0 Å². The molecule has 21 heavy (non-hydrogen) atoms. The van der Waals surface area contributed by atoms with Gasteiger partial charge < -0.3 is 19.3 Å². The minimum Gasteiger partial charge on any atom is -0.493 e. The molecule has 2 rings (SSSR count). The highest BCUT2D eigenvalue weighted by Gasteiger charge is 2.21. The summed E-state index contributed by atoms with van der Waals surface area (Å²) in [6.07, 6.45) is 1.22. The van der Waals surface area contributed by atoms with Crippen molar-refractivity contribution in [1.29, 1.82) is 0 Å². The number of hydrogen-bond donors (Lipinski definition) is 0. The lowest BCUT2D eigenvalue weighted by atomic mass is 10.1. The van der Waals surface area contributed by atoms with E-state index in [9.17, 15) is 4.39 Å². The van der Waals surface area contributed by atoms with Crippen LogP contribution in [0.4, 0.5) is 4.39 Å². The quantitative estimate of drug-likeness (QED) is 0.804. The van der Waals surface area contributed by atoms with Crippen molar-refractivity contribution < 1.29 is 13.9 Å². The Bertz CT molecular complexity index is 482. The van der Waals surface area contributed by atoms with E-state index in [1.165, 1.54) is 19.6 Å². The second-order valence-electron chi connectivity index (χ2n) is 5.91. The standard InChI is InChI=1S/C16H25FN2O2/c1-18-6-5-12(9-18)10-19(2)11-13-7-15(20-3)16(21-4)8-14(13)17/h7-8,12H,5-6,9-11H2,1-4H3/t12-/m0/s1. The van der Waals surface area contributed by atoms with Crippen molar-refractivity contribution >= 4 is 0 Å². The van der Waals surface area contributed by atoms with E-state index < -0.39 is 0 Å². The van der Waals surface area contributed by atoms with Gasteiger partial charge in [-0.2, -0.15) is 0 Å². The lowest BCUT2D eigenvalue weighted by Crippen LogP contribution is -2.27. The Morgan fingerprint density at radius 1 is 1.29 bits per heavy atom. The van der Waals surface area contributed by atoms with E-state index in [1.807, 2.05) is 7.05 Å². The summed E-state index contributed by atoms with van der Waals surface area (Å²) >= 11 is 0. The van der Waals surface area contributed by atoms with E-state index in [2.05, 4.69) is 16.8 Å². The molecule has 0 aliphatic carbocycles. The van der Waals surface area contributed by atoms with Gasteiger partial charge in [0.2, 0.25) is 0 Å². The molecule has 1 aromatic carbocycles. The van der Waals surface area contributed by atoms with Crippen LogP contribution >= 0.6 is 0 Å². The van der Waals surface area contributed by atoms with Crippen LogP contribution in [0.15, 0.2) is 12.1 Å². The van der Waals surface area contributed by atoms with Crippen LogP contribution in [0.2, 0.25) is 0 Å². The van der Waals surface area contributed by atoms with Gasteiger partial charge in [-0.3, -0.25) is 0 Å². The zero-order chi connectivity index (χ0) is 15.4. The first-order chi connectivity index (χ1) is 10.0. The fourth-order valence-electron chi connectivity index (χ4n) is 2.99. The zero-order valence-electron chi connectivity index (χ0n) is 13.4. The number of methoxy groups -OCH3 is 2. The van der Waals surface area contributed by atoms with Crippen LogP contribution in [-0.2, 0) is 6.54 Å². The predicted molar refractivity (Wildman–Crippen MR) is 81.4 cm³/mol. The number of ether oxygens (including phenoxy) is 2. The average molecular weight is 296 g/mol. The molecule has 0 saturated carbocycles. The molecule has 0 spiro atoms. The molecule has 1 fully saturated rings. The van der Waals surface area contributed by atoms with Gasteiger partial charge in [-0.1, -0.05) is 0 Å². The third-order valence-corrected chi connectivity index (χ3v) is 4.05. The van der Waals surface area contributed by atoms with Gasteiger partial charge in [0.05, 0.1) is 14.2 Å². The smallest absolute Gasteiger partial charge is 0.163 e. The van der Waals surface area contributed by atoms with Gasteiger partial charge in [0, 0.05) is 31.3 Å². The summed E-state index contributed by atoms with van der Waals surface area (Å²) in [5, 5.41) is 0. The summed E-state index contributed by atoms with van der Waals surface area (Å²) in [5.74, 6) is 1.42. The first-order valence-corrected chi connectivity index (χ1v) is 7.31. The number of halogens is 1. The van der Waals surface area contributed by atoms with Crippen molar-refractivity contribution in [3.8, 4) is 11.5 Å². The molecule has 118 valence electrons. The van der Waals surface area contributed by atoms with Gasteiger partial charge in [-0.25, -0.2) is 4.39 Å². The Hall–Kier alpha value is -1.33. The van der Waals surface area contributed by atoms with E-state index in [1.54, 1.807) is 13.2 Å². The molecule has 1 aliphatic rings. The third kappa shape index (κ3) is 4.08. The molecule has 0 unspecified atom stereocenters. The zero-order valence-corrected chi connectivity index (χ0v) is 13.4. The van der Waals surface area contributed by atoms with Crippen molar-refractivity contribution in [3.05, 3.63) is 23.5 Å². The number of hydrogen-bond acceptors (Lipinski definition) is 4. The highest BCUT2D eigenvalue weighted by atomic mass is 19.1. The SMILES string of the molecule is COc1cc(F)c(CN(C)C[C@H]2CCN(C)C2)cc1OC. The van der Waals surface area contributed by atoms with Crippen molar-refractivity contribution in [2.45, 2.75) is 13.0 Å². The molecule has 0 radical (unpaired) electrons. The van der Waals surface area contributed by atoms with E-state index >= 15 is 0 Å². The van der Waals surface area contributed by atoms with Crippen molar-refractivity contribution in [2.75, 3.05) is 47.9 Å². The van der Waals surface area contributed by atoms with Gasteiger partial charge >= 0.3 is 0 Å². The second kappa shape index (κ2) is 7.09. The summed E-state index contributed by atoms with van der Waals surface area (Å²) < 4.78 is 24.5. The maximum Gasteiger partial charge on any atom is 0.163 e. The molecule has 0 bridgehead atoms. The van der Waals surface area contributed by atoms with Crippen LogP contribution in [0, 0.1) is 11.7 Å². The van der Waals surface area contributed by atoms with E-state index in [4.69, 9.17) is 9.47 Å². The van der Waals surface area contributed by atoms with Crippen LogP contribution in [0.5, 0.6) is 11.5 Å². The number of nitrogens with zero attached hydrogens (tertiary/aromatic N) is 2. The van der Waals surface area contributed by atoms with Crippen molar-refractivity contribution in [2.24, 2.45) is 5.92 Å². The number of benzene rings is 1. The maximum atomic E-state index is 14.1. The first kappa shape index (κ1) is 16.0. The monoisotopic (exact) mass is 296 g/mol.